The van der Waals surface area contributed by atoms with Crippen molar-refractivity contribution in [3.8, 4) is 11.8 Å². The molecule has 0 amide bonds. The Morgan fingerprint density at radius 1 is 1.00 bits per heavy atom. The molecule has 0 radical (unpaired) electrons. The number of nitrogens with two attached hydrogens (primary N) is 1. The molecule has 3 aromatic rings. The van der Waals surface area contributed by atoms with Crippen LogP contribution in [-0.4, -0.2) is 24.8 Å². The molecule has 1 aromatic heterocycles. The lowest BCUT2D eigenvalue weighted by molar-refractivity contribution is 0.219. The van der Waals surface area contributed by atoms with Gasteiger partial charge >= 0.3 is 11.8 Å². The molecule has 0 saturated heterocycles. The van der Waals surface area contributed by atoms with Gasteiger partial charge in [-0.2, -0.15) is 4.68 Å². The van der Waals surface area contributed by atoms with Gasteiger partial charge in [0.05, 0.1) is 17.2 Å². The first-order valence-electron chi connectivity index (χ1n) is 8.83. The Hall–Kier alpha value is -2.91. The fraction of sp³-hybridized carbons (Fsp3) is 0.263. The first-order valence-corrected chi connectivity index (χ1v) is 10.4. The Balaban J connectivity index is 1.49. The van der Waals surface area contributed by atoms with Gasteiger partial charge in [0.25, 0.3) is 0 Å². The van der Waals surface area contributed by atoms with Gasteiger partial charge in [-0.15, -0.1) is 0 Å². The number of hydrogen-bond donors (Lipinski definition) is 1. The molecule has 0 unspecified atom stereocenters. The topological polar surface area (TPSA) is 117 Å². The number of ether oxygens (including phenoxy) is 1. The maximum Gasteiger partial charge on any atom is 0.444 e. The SMILES string of the molecule is NS(=O)(=O)c1ccc(-n2nc(OCCCCCc3ccccc3)oc2=O)cc1. The van der Waals surface area contributed by atoms with Gasteiger partial charge in [0.1, 0.15) is 0 Å². The first-order chi connectivity index (χ1) is 13.4. The summed E-state index contributed by atoms with van der Waals surface area (Å²) < 4.78 is 33.9. The molecule has 2 N–H and O–H groups in total. The number of aryl methyl sites for hydroxylation is 1. The Labute approximate surface area is 162 Å². The van der Waals surface area contributed by atoms with E-state index in [0.29, 0.717) is 12.3 Å². The molecule has 0 aliphatic heterocycles. The van der Waals surface area contributed by atoms with Crippen molar-refractivity contribution in [2.45, 2.75) is 30.6 Å². The van der Waals surface area contributed by atoms with E-state index in [1.807, 2.05) is 18.2 Å². The Morgan fingerprint density at radius 3 is 2.39 bits per heavy atom. The zero-order chi connectivity index (χ0) is 20.0. The minimum absolute atomic E-state index is 0.0558. The summed E-state index contributed by atoms with van der Waals surface area (Å²) in [6.07, 6.45) is 3.73. The van der Waals surface area contributed by atoms with E-state index in [1.54, 1.807) is 0 Å². The number of primary sulfonamides is 1. The Morgan fingerprint density at radius 2 is 1.71 bits per heavy atom. The van der Waals surface area contributed by atoms with Crippen molar-refractivity contribution in [2.24, 2.45) is 5.14 Å². The van der Waals surface area contributed by atoms with Crippen LogP contribution in [0, 0.1) is 0 Å². The van der Waals surface area contributed by atoms with Gasteiger partial charge in [0, 0.05) is 0 Å². The number of unbranched alkanes of at least 4 members (excludes halogenated alkanes) is 2. The van der Waals surface area contributed by atoms with Crippen molar-refractivity contribution in [3.63, 3.8) is 0 Å². The lowest BCUT2D eigenvalue weighted by Crippen LogP contribution is -2.15. The standard InChI is InChI=1S/C19H21N3O5S/c20-28(24,25)17-12-10-16(11-13-17)22-19(23)27-18(21-22)26-14-6-2-5-9-15-7-3-1-4-8-15/h1,3-4,7-8,10-13H,2,5-6,9,14H2,(H2,20,24,25). The van der Waals surface area contributed by atoms with E-state index in [2.05, 4.69) is 17.2 Å². The molecule has 0 fully saturated rings. The van der Waals surface area contributed by atoms with Crippen LogP contribution in [0.4, 0.5) is 0 Å². The van der Waals surface area contributed by atoms with E-state index in [0.717, 1.165) is 30.4 Å². The van der Waals surface area contributed by atoms with Gasteiger partial charge in [-0.25, -0.2) is 18.4 Å². The highest BCUT2D eigenvalue weighted by atomic mass is 32.2. The third-order valence-corrected chi connectivity index (χ3v) is 5.05. The third kappa shape index (κ3) is 5.30. The zero-order valence-corrected chi connectivity index (χ0v) is 16.0. The number of sulfonamides is 1. The maximum atomic E-state index is 11.9. The minimum atomic E-state index is -3.80. The lowest BCUT2D eigenvalue weighted by Gasteiger charge is -2.02. The van der Waals surface area contributed by atoms with Gasteiger partial charge < -0.3 is 9.15 Å². The van der Waals surface area contributed by atoms with Crippen LogP contribution >= 0.6 is 0 Å². The summed E-state index contributed by atoms with van der Waals surface area (Å²) in [5.74, 6) is -0.720. The molecule has 0 aliphatic carbocycles. The molecule has 0 saturated carbocycles. The Bertz CT molecular complexity index is 1060. The predicted octanol–water partition coefficient (Wildman–Crippen LogP) is 2.26. The van der Waals surface area contributed by atoms with Crippen molar-refractivity contribution >= 4 is 10.0 Å². The summed E-state index contributed by atoms with van der Waals surface area (Å²) in [6.45, 7) is 0.388. The molecule has 28 heavy (non-hydrogen) atoms. The monoisotopic (exact) mass is 403 g/mol. The van der Waals surface area contributed by atoms with Crippen molar-refractivity contribution in [1.82, 2.24) is 9.78 Å². The van der Waals surface area contributed by atoms with E-state index in [-0.39, 0.29) is 11.0 Å². The first kappa shape index (κ1) is 19.8. The summed E-state index contributed by atoms with van der Waals surface area (Å²) >= 11 is 0. The van der Waals surface area contributed by atoms with Crippen molar-refractivity contribution < 1.29 is 17.6 Å². The quantitative estimate of drug-likeness (QED) is 0.548. The summed E-state index contributed by atoms with van der Waals surface area (Å²) in [5, 5.41) is 9.02. The second kappa shape index (κ2) is 8.85. The van der Waals surface area contributed by atoms with Crippen LogP contribution in [0.15, 0.2) is 68.7 Å². The molecular formula is C19H21N3O5S. The predicted molar refractivity (Wildman–Crippen MR) is 103 cm³/mol. The van der Waals surface area contributed by atoms with Crippen molar-refractivity contribution in [3.05, 3.63) is 70.7 Å². The third-order valence-electron chi connectivity index (χ3n) is 4.12. The van der Waals surface area contributed by atoms with Crippen LogP contribution < -0.4 is 15.6 Å². The molecule has 0 aliphatic rings. The molecule has 0 spiro atoms. The van der Waals surface area contributed by atoms with Crippen molar-refractivity contribution in [1.29, 1.82) is 0 Å². The average molecular weight is 403 g/mol. The second-order valence-corrected chi connectivity index (χ2v) is 7.79. The highest BCUT2D eigenvalue weighted by Gasteiger charge is 2.13. The molecule has 8 nitrogen and oxygen atoms in total. The zero-order valence-electron chi connectivity index (χ0n) is 15.2. The van der Waals surface area contributed by atoms with E-state index in [1.165, 1.54) is 29.8 Å². The number of hydrogen-bond acceptors (Lipinski definition) is 6. The second-order valence-electron chi connectivity index (χ2n) is 6.23. The molecule has 3 rings (SSSR count). The smallest absolute Gasteiger partial charge is 0.444 e. The normalized spacial score (nSPS) is 11.5. The van der Waals surface area contributed by atoms with Gasteiger partial charge in [0.15, 0.2) is 0 Å². The maximum absolute atomic E-state index is 11.9. The van der Waals surface area contributed by atoms with Crippen LogP contribution in [0.1, 0.15) is 24.8 Å². The fourth-order valence-electron chi connectivity index (χ4n) is 2.67. The van der Waals surface area contributed by atoms with Crippen LogP contribution in [0.3, 0.4) is 0 Å². The lowest BCUT2D eigenvalue weighted by atomic mass is 10.1. The molecule has 0 bridgehead atoms. The number of rotatable bonds is 9. The summed E-state index contributed by atoms with van der Waals surface area (Å²) in [4.78, 5) is 11.9. The van der Waals surface area contributed by atoms with Gasteiger partial charge in [0.2, 0.25) is 10.0 Å². The van der Waals surface area contributed by atoms with E-state index in [4.69, 9.17) is 14.3 Å². The summed E-state index contributed by atoms with van der Waals surface area (Å²) in [6, 6.07) is 15.7. The van der Waals surface area contributed by atoms with Gasteiger partial charge in [-0.05, 0) is 55.5 Å². The molecular weight excluding hydrogens is 382 g/mol. The van der Waals surface area contributed by atoms with Crippen molar-refractivity contribution in [2.75, 3.05) is 6.61 Å². The molecule has 9 heteroatoms. The van der Waals surface area contributed by atoms with E-state index >= 15 is 0 Å². The molecule has 1 heterocycles. The van der Waals surface area contributed by atoms with Gasteiger partial charge in [-0.1, -0.05) is 35.4 Å². The Kier molecular flexibility index (Phi) is 6.27. The average Bonchev–Trinajstić information content (AvgIpc) is 3.05. The number of aromatic nitrogens is 2. The largest absolute Gasteiger partial charge is 0.449 e. The van der Waals surface area contributed by atoms with E-state index in [9.17, 15) is 13.2 Å². The van der Waals surface area contributed by atoms with Crippen LogP contribution in [0.25, 0.3) is 5.69 Å². The van der Waals surface area contributed by atoms with Crippen LogP contribution in [0.5, 0.6) is 6.08 Å². The highest BCUT2D eigenvalue weighted by molar-refractivity contribution is 7.89. The molecule has 2 aromatic carbocycles. The highest BCUT2D eigenvalue weighted by Crippen LogP contribution is 2.13. The van der Waals surface area contributed by atoms with E-state index < -0.39 is 15.8 Å². The fourth-order valence-corrected chi connectivity index (χ4v) is 3.19. The van der Waals surface area contributed by atoms with Gasteiger partial charge in [-0.3, -0.25) is 0 Å². The number of nitrogens with zero attached hydrogens (tertiary/aromatic N) is 2. The summed E-state index contributed by atoms with van der Waals surface area (Å²) in [5.41, 5.74) is 1.65. The number of benzene rings is 2. The summed E-state index contributed by atoms with van der Waals surface area (Å²) in [7, 11) is -3.80. The minimum Gasteiger partial charge on any atom is -0.449 e. The molecule has 0 atom stereocenters. The van der Waals surface area contributed by atoms with Crippen LogP contribution in [0.2, 0.25) is 0 Å². The molecule has 148 valence electrons. The van der Waals surface area contributed by atoms with Crippen LogP contribution in [-0.2, 0) is 16.4 Å².